The second-order valence-electron chi connectivity index (χ2n) is 2.42. The molecule has 0 nitrogen and oxygen atoms in total. The van der Waals surface area contributed by atoms with Gasteiger partial charge in [-0.25, -0.2) is 0 Å². The van der Waals surface area contributed by atoms with Crippen molar-refractivity contribution in [3.8, 4) is 0 Å². The molecule has 0 fully saturated rings. The molecule has 1 rings (SSSR count). The fraction of sp³-hybridized carbons (Fsp3) is 0.333. The van der Waals surface area contributed by atoms with Gasteiger partial charge in [-0.3, -0.25) is 0 Å². The zero-order chi connectivity index (χ0) is 8.10. The van der Waals surface area contributed by atoms with Gasteiger partial charge >= 0.3 is 0 Å². The topological polar surface area (TPSA) is 0 Å². The maximum atomic E-state index is 3.41. The van der Waals surface area contributed by atoms with Crippen molar-refractivity contribution in [2.45, 2.75) is 12.8 Å². The zero-order valence-electron chi connectivity index (χ0n) is 6.19. The van der Waals surface area contributed by atoms with E-state index in [4.69, 9.17) is 0 Å². The van der Waals surface area contributed by atoms with E-state index in [9.17, 15) is 0 Å². The molecule has 0 aliphatic carbocycles. The fourth-order valence-electron chi connectivity index (χ4n) is 0.922. The van der Waals surface area contributed by atoms with Crippen molar-refractivity contribution in [2.24, 2.45) is 0 Å². The molecule has 60 valence electrons. The van der Waals surface area contributed by atoms with E-state index in [-0.39, 0.29) is 0 Å². The van der Waals surface area contributed by atoms with E-state index in [1.165, 1.54) is 22.8 Å². The Hall–Kier alpha value is 0.430. The highest BCUT2D eigenvalue weighted by Gasteiger charge is 1.91. The number of halogens is 2. The standard InChI is InChI=1S/C9H10BrI/c10-9-5-3-8(4-6-9)2-1-7-11/h3-6H,1-2,7H2. The summed E-state index contributed by atoms with van der Waals surface area (Å²) in [6.07, 6.45) is 2.48. The minimum atomic E-state index is 1.16. The Morgan fingerprint density at radius 2 is 1.82 bits per heavy atom. The largest absolute Gasteiger partial charge is 0.0864 e. The van der Waals surface area contributed by atoms with Crippen LogP contribution < -0.4 is 0 Å². The van der Waals surface area contributed by atoms with Crippen molar-refractivity contribution in [3.05, 3.63) is 34.3 Å². The second kappa shape index (κ2) is 5.14. The van der Waals surface area contributed by atoms with Crippen LogP contribution in [0.1, 0.15) is 12.0 Å². The number of alkyl halides is 1. The SMILES string of the molecule is Brc1ccc(CCCI)cc1. The van der Waals surface area contributed by atoms with E-state index in [1.807, 2.05) is 0 Å². The molecule has 11 heavy (non-hydrogen) atoms. The number of hydrogen-bond donors (Lipinski definition) is 0. The Morgan fingerprint density at radius 1 is 1.18 bits per heavy atom. The predicted molar refractivity (Wildman–Crippen MR) is 61.4 cm³/mol. The number of aryl methyl sites for hydroxylation is 1. The molecule has 0 saturated heterocycles. The van der Waals surface area contributed by atoms with Crippen molar-refractivity contribution in [2.75, 3.05) is 4.43 Å². The first kappa shape index (κ1) is 9.52. The van der Waals surface area contributed by atoms with Crippen LogP contribution in [0.25, 0.3) is 0 Å². The van der Waals surface area contributed by atoms with Crippen LogP contribution >= 0.6 is 38.5 Å². The van der Waals surface area contributed by atoms with Gasteiger partial charge in [0.05, 0.1) is 0 Å². The van der Waals surface area contributed by atoms with E-state index in [2.05, 4.69) is 62.8 Å². The first-order valence-corrected chi connectivity index (χ1v) is 5.95. The lowest BCUT2D eigenvalue weighted by Gasteiger charge is -1.97. The number of hydrogen-bond acceptors (Lipinski definition) is 0. The van der Waals surface area contributed by atoms with Crippen LogP contribution in [0.15, 0.2) is 28.7 Å². The smallest absolute Gasteiger partial charge is 0.0175 e. The molecule has 0 aliphatic rings. The van der Waals surface area contributed by atoms with Crippen LogP contribution in [0.2, 0.25) is 0 Å². The van der Waals surface area contributed by atoms with Crippen LogP contribution in [0, 0.1) is 0 Å². The van der Waals surface area contributed by atoms with Crippen molar-refractivity contribution in [3.63, 3.8) is 0 Å². The Kier molecular flexibility index (Phi) is 4.45. The molecule has 0 radical (unpaired) electrons. The monoisotopic (exact) mass is 324 g/mol. The van der Waals surface area contributed by atoms with Crippen molar-refractivity contribution in [1.82, 2.24) is 0 Å². The summed E-state index contributed by atoms with van der Waals surface area (Å²) in [6.45, 7) is 0. The molecule has 2 heteroatoms. The molecule has 0 aliphatic heterocycles. The molecule has 1 aromatic carbocycles. The third kappa shape index (κ3) is 3.56. The van der Waals surface area contributed by atoms with E-state index < -0.39 is 0 Å². The quantitative estimate of drug-likeness (QED) is 0.586. The maximum Gasteiger partial charge on any atom is 0.0175 e. The van der Waals surface area contributed by atoms with Gasteiger partial charge in [-0.15, -0.1) is 0 Å². The van der Waals surface area contributed by atoms with Crippen LogP contribution in [-0.4, -0.2) is 4.43 Å². The minimum Gasteiger partial charge on any atom is -0.0864 e. The minimum absolute atomic E-state index is 1.16. The summed E-state index contributed by atoms with van der Waals surface area (Å²) in [5.74, 6) is 0. The fourth-order valence-corrected chi connectivity index (χ4v) is 1.57. The van der Waals surface area contributed by atoms with Crippen LogP contribution in [0.5, 0.6) is 0 Å². The number of benzene rings is 1. The average molecular weight is 325 g/mol. The van der Waals surface area contributed by atoms with Gasteiger partial charge in [-0.05, 0) is 35.0 Å². The summed E-state index contributed by atoms with van der Waals surface area (Å²) >= 11 is 5.82. The third-order valence-electron chi connectivity index (χ3n) is 1.51. The van der Waals surface area contributed by atoms with Gasteiger partial charge in [-0.2, -0.15) is 0 Å². The van der Waals surface area contributed by atoms with E-state index in [1.54, 1.807) is 0 Å². The highest BCUT2D eigenvalue weighted by atomic mass is 127. The number of rotatable bonds is 3. The Labute approximate surface area is 89.7 Å². The molecule has 0 saturated carbocycles. The molecule has 0 amide bonds. The molecule has 0 atom stereocenters. The van der Waals surface area contributed by atoms with Crippen molar-refractivity contribution >= 4 is 38.5 Å². The van der Waals surface area contributed by atoms with Gasteiger partial charge in [0.25, 0.3) is 0 Å². The summed E-state index contributed by atoms with van der Waals surface area (Å²) < 4.78 is 2.41. The highest BCUT2D eigenvalue weighted by Crippen LogP contribution is 2.11. The summed E-state index contributed by atoms with van der Waals surface area (Å²) in [4.78, 5) is 0. The summed E-state index contributed by atoms with van der Waals surface area (Å²) in [7, 11) is 0. The van der Waals surface area contributed by atoms with E-state index in [0.717, 1.165) is 4.47 Å². The van der Waals surface area contributed by atoms with Crippen molar-refractivity contribution < 1.29 is 0 Å². The molecule has 0 unspecified atom stereocenters. The Morgan fingerprint density at radius 3 is 2.36 bits per heavy atom. The van der Waals surface area contributed by atoms with Crippen molar-refractivity contribution in [1.29, 1.82) is 0 Å². The Bertz CT molecular complexity index is 205. The molecular formula is C9H10BrI. The van der Waals surface area contributed by atoms with E-state index >= 15 is 0 Å². The maximum absolute atomic E-state index is 3.41. The lowest BCUT2D eigenvalue weighted by atomic mass is 10.1. The van der Waals surface area contributed by atoms with Crippen LogP contribution in [-0.2, 0) is 6.42 Å². The highest BCUT2D eigenvalue weighted by molar-refractivity contribution is 14.1. The lowest BCUT2D eigenvalue weighted by Crippen LogP contribution is -1.84. The first-order valence-electron chi connectivity index (χ1n) is 3.63. The van der Waals surface area contributed by atoms with Gasteiger partial charge in [0.1, 0.15) is 0 Å². The van der Waals surface area contributed by atoms with Gasteiger partial charge in [0.15, 0.2) is 0 Å². The second-order valence-corrected chi connectivity index (χ2v) is 4.41. The van der Waals surface area contributed by atoms with Crippen LogP contribution in [0.3, 0.4) is 0 Å². The van der Waals surface area contributed by atoms with Gasteiger partial charge in [-0.1, -0.05) is 50.7 Å². The molecule has 0 bridgehead atoms. The summed E-state index contributed by atoms with van der Waals surface area (Å²) in [5, 5.41) is 0. The summed E-state index contributed by atoms with van der Waals surface area (Å²) in [5.41, 5.74) is 1.44. The molecule has 0 spiro atoms. The Balaban J connectivity index is 2.52. The van der Waals surface area contributed by atoms with Gasteiger partial charge < -0.3 is 0 Å². The van der Waals surface area contributed by atoms with Crippen LogP contribution in [0.4, 0.5) is 0 Å². The average Bonchev–Trinajstić information content (AvgIpc) is 2.04. The van der Waals surface area contributed by atoms with Gasteiger partial charge in [0, 0.05) is 4.47 Å². The normalized spacial score (nSPS) is 10.0. The predicted octanol–water partition coefficient (Wildman–Crippen LogP) is 3.82. The molecule has 0 N–H and O–H groups in total. The summed E-state index contributed by atoms with van der Waals surface area (Å²) in [6, 6.07) is 8.55. The zero-order valence-corrected chi connectivity index (χ0v) is 9.93. The first-order chi connectivity index (χ1) is 5.33. The van der Waals surface area contributed by atoms with E-state index in [0.29, 0.717) is 0 Å². The molecule has 0 heterocycles. The lowest BCUT2D eigenvalue weighted by molar-refractivity contribution is 0.945. The molecule has 0 aromatic heterocycles. The molecule has 1 aromatic rings. The van der Waals surface area contributed by atoms with Gasteiger partial charge in [0.2, 0.25) is 0 Å². The third-order valence-corrected chi connectivity index (χ3v) is 2.80. The molecular weight excluding hydrogens is 315 g/mol.